The van der Waals surface area contributed by atoms with Crippen molar-refractivity contribution in [1.82, 2.24) is 4.98 Å². The van der Waals surface area contributed by atoms with Crippen LogP contribution >= 0.6 is 0 Å². The number of oxazole rings is 1. The Labute approximate surface area is 82.6 Å². The van der Waals surface area contributed by atoms with Crippen LogP contribution in [0.5, 0.6) is 0 Å². The number of nitrogen functional groups attached to an aromatic ring is 1. The molecule has 1 aromatic heterocycles. The molecular formula is C11H12N2O. The van der Waals surface area contributed by atoms with E-state index in [1.165, 1.54) is 5.56 Å². The molecule has 0 amide bonds. The molecular weight excluding hydrogens is 176 g/mol. The van der Waals surface area contributed by atoms with Crippen LogP contribution in [0.25, 0.3) is 0 Å². The van der Waals surface area contributed by atoms with Crippen molar-refractivity contribution >= 4 is 6.01 Å². The standard InChI is InChI=1S/C11H12N2O/c1-8-10(14-11(12)13-8)7-9-5-3-2-4-6-9/h2-6H,7H2,1H3,(H2,12,13). The van der Waals surface area contributed by atoms with Crippen LogP contribution in [-0.2, 0) is 6.42 Å². The molecule has 0 radical (unpaired) electrons. The molecule has 3 heteroatoms. The zero-order valence-electron chi connectivity index (χ0n) is 8.03. The van der Waals surface area contributed by atoms with Crippen molar-refractivity contribution < 1.29 is 4.42 Å². The van der Waals surface area contributed by atoms with E-state index in [2.05, 4.69) is 17.1 Å². The molecule has 0 atom stereocenters. The van der Waals surface area contributed by atoms with Crippen molar-refractivity contribution in [2.75, 3.05) is 5.73 Å². The molecule has 2 N–H and O–H groups in total. The first-order valence-corrected chi connectivity index (χ1v) is 4.51. The van der Waals surface area contributed by atoms with Crippen molar-refractivity contribution in [2.24, 2.45) is 0 Å². The van der Waals surface area contributed by atoms with Gasteiger partial charge in [-0.25, -0.2) is 0 Å². The summed E-state index contributed by atoms with van der Waals surface area (Å²) in [5, 5.41) is 0. The largest absolute Gasteiger partial charge is 0.428 e. The Morgan fingerprint density at radius 3 is 2.57 bits per heavy atom. The quantitative estimate of drug-likeness (QED) is 0.785. The second kappa shape index (κ2) is 3.54. The van der Waals surface area contributed by atoms with E-state index < -0.39 is 0 Å². The lowest BCUT2D eigenvalue weighted by Gasteiger charge is -1.97. The molecule has 0 fully saturated rings. The van der Waals surface area contributed by atoms with Crippen LogP contribution in [-0.4, -0.2) is 4.98 Å². The van der Waals surface area contributed by atoms with Gasteiger partial charge >= 0.3 is 0 Å². The topological polar surface area (TPSA) is 52.0 Å². The monoisotopic (exact) mass is 188 g/mol. The Morgan fingerprint density at radius 2 is 2.00 bits per heavy atom. The maximum absolute atomic E-state index is 5.46. The third-order valence-electron chi connectivity index (χ3n) is 2.12. The average molecular weight is 188 g/mol. The first kappa shape index (κ1) is 8.81. The highest BCUT2D eigenvalue weighted by Crippen LogP contribution is 2.15. The van der Waals surface area contributed by atoms with Gasteiger partial charge < -0.3 is 10.2 Å². The van der Waals surface area contributed by atoms with Gasteiger partial charge in [0, 0.05) is 6.42 Å². The Bertz CT molecular complexity index is 420. The van der Waals surface area contributed by atoms with E-state index in [1.807, 2.05) is 25.1 Å². The predicted octanol–water partition coefficient (Wildman–Crippen LogP) is 2.16. The van der Waals surface area contributed by atoms with E-state index >= 15 is 0 Å². The number of aryl methyl sites for hydroxylation is 1. The number of anilines is 1. The summed E-state index contributed by atoms with van der Waals surface area (Å²) in [7, 11) is 0. The molecule has 0 bridgehead atoms. The van der Waals surface area contributed by atoms with Gasteiger partial charge in [0.05, 0.1) is 5.69 Å². The summed E-state index contributed by atoms with van der Waals surface area (Å²) in [4.78, 5) is 4.02. The summed E-state index contributed by atoms with van der Waals surface area (Å²) in [6.45, 7) is 1.90. The molecule has 0 aliphatic rings. The summed E-state index contributed by atoms with van der Waals surface area (Å²) in [5.74, 6) is 0.841. The van der Waals surface area contributed by atoms with Crippen molar-refractivity contribution in [2.45, 2.75) is 13.3 Å². The van der Waals surface area contributed by atoms with Gasteiger partial charge in [0.2, 0.25) is 0 Å². The Hall–Kier alpha value is -1.77. The summed E-state index contributed by atoms with van der Waals surface area (Å²) >= 11 is 0. The first-order chi connectivity index (χ1) is 6.75. The highest BCUT2D eigenvalue weighted by atomic mass is 16.4. The molecule has 0 saturated carbocycles. The number of hydrogen-bond donors (Lipinski definition) is 1. The molecule has 1 aromatic carbocycles. The van der Waals surface area contributed by atoms with Gasteiger partial charge in [-0.3, -0.25) is 0 Å². The molecule has 3 nitrogen and oxygen atoms in total. The lowest BCUT2D eigenvalue weighted by molar-refractivity contribution is 0.532. The number of nitrogens with two attached hydrogens (primary N) is 1. The van der Waals surface area contributed by atoms with Crippen molar-refractivity contribution in [3.05, 3.63) is 47.3 Å². The predicted molar refractivity (Wildman–Crippen MR) is 54.9 cm³/mol. The van der Waals surface area contributed by atoms with Crippen LogP contribution in [0.3, 0.4) is 0 Å². The second-order valence-electron chi connectivity index (χ2n) is 3.22. The fourth-order valence-electron chi connectivity index (χ4n) is 1.40. The molecule has 0 saturated heterocycles. The van der Waals surface area contributed by atoms with Gasteiger partial charge in [-0.2, -0.15) is 4.98 Å². The van der Waals surface area contributed by atoms with E-state index in [1.54, 1.807) is 0 Å². The van der Waals surface area contributed by atoms with Gasteiger partial charge in [-0.1, -0.05) is 30.3 Å². The fraction of sp³-hybridized carbons (Fsp3) is 0.182. The van der Waals surface area contributed by atoms with Gasteiger partial charge in [0.1, 0.15) is 5.76 Å². The van der Waals surface area contributed by atoms with Crippen LogP contribution in [0.1, 0.15) is 17.0 Å². The van der Waals surface area contributed by atoms with Crippen LogP contribution in [0.15, 0.2) is 34.7 Å². The van der Waals surface area contributed by atoms with Crippen LogP contribution in [0, 0.1) is 6.92 Å². The van der Waals surface area contributed by atoms with Gasteiger partial charge in [0.15, 0.2) is 0 Å². The molecule has 2 rings (SSSR count). The molecule has 0 aliphatic carbocycles. The van der Waals surface area contributed by atoms with Gasteiger partial charge in [-0.15, -0.1) is 0 Å². The van der Waals surface area contributed by atoms with E-state index in [4.69, 9.17) is 10.2 Å². The maximum Gasteiger partial charge on any atom is 0.292 e. The lowest BCUT2D eigenvalue weighted by atomic mass is 10.1. The molecule has 0 unspecified atom stereocenters. The van der Waals surface area contributed by atoms with E-state index in [9.17, 15) is 0 Å². The van der Waals surface area contributed by atoms with Crippen LogP contribution in [0.2, 0.25) is 0 Å². The van der Waals surface area contributed by atoms with Crippen molar-refractivity contribution in [1.29, 1.82) is 0 Å². The van der Waals surface area contributed by atoms with Crippen molar-refractivity contribution in [3.63, 3.8) is 0 Å². The number of aromatic nitrogens is 1. The zero-order valence-corrected chi connectivity index (χ0v) is 8.03. The van der Waals surface area contributed by atoms with Crippen LogP contribution in [0.4, 0.5) is 6.01 Å². The van der Waals surface area contributed by atoms with Crippen LogP contribution < -0.4 is 5.73 Å². The van der Waals surface area contributed by atoms with E-state index in [0.717, 1.165) is 17.9 Å². The molecule has 1 heterocycles. The summed E-state index contributed by atoms with van der Waals surface area (Å²) in [5.41, 5.74) is 7.52. The summed E-state index contributed by atoms with van der Waals surface area (Å²) in [6.07, 6.45) is 0.747. The molecule has 2 aromatic rings. The number of rotatable bonds is 2. The SMILES string of the molecule is Cc1nc(N)oc1Cc1ccccc1. The third kappa shape index (κ3) is 1.76. The molecule has 0 aliphatic heterocycles. The Morgan fingerprint density at radius 1 is 1.29 bits per heavy atom. The minimum absolute atomic E-state index is 0.244. The van der Waals surface area contributed by atoms with E-state index in [0.29, 0.717) is 0 Å². The fourth-order valence-corrected chi connectivity index (χ4v) is 1.40. The van der Waals surface area contributed by atoms with E-state index in [-0.39, 0.29) is 6.01 Å². The molecule has 14 heavy (non-hydrogen) atoms. The van der Waals surface area contributed by atoms with Gasteiger partial charge in [0.25, 0.3) is 6.01 Å². The summed E-state index contributed by atoms with van der Waals surface area (Å²) in [6, 6.07) is 10.4. The minimum Gasteiger partial charge on any atom is -0.428 e. The normalized spacial score (nSPS) is 10.4. The minimum atomic E-state index is 0.244. The highest BCUT2D eigenvalue weighted by Gasteiger charge is 2.07. The smallest absolute Gasteiger partial charge is 0.292 e. The molecule has 0 spiro atoms. The first-order valence-electron chi connectivity index (χ1n) is 4.51. The second-order valence-corrected chi connectivity index (χ2v) is 3.22. The highest BCUT2D eigenvalue weighted by molar-refractivity contribution is 5.25. The lowest BCUT2D eigenvalue weighted by Crippen LogP contribution is -1.87. The maximum atomic E-state index is 5.46. The number of benzene rings is 1. The Kier molecular flexibility index (Phi) is 2.23. The summed E-state index contributed by atoms with van der Waals surface area (Å²) < 4.78 is 5.28. The average Bonchev–Trinajstić information content (AvgIpc) is 2.47. The Balaban J connectivity index is 2.23. The zero-order chi connectivity index (χ0) is 9.97. The van der Waals surface area contributed by atoms with Gasteiger partial charge in [-0.05, 0) is 12.5 Å². The third-order valence-corrected chi connectivity index (χ3v) is 2.12. The van der Waals surface area contributed by atoms with Crippen molar-refractivity contribution in [3.8, 4) is 0 Å². The molecule has 72 valence electrons. The number of hydrogen-bond acceptors (Lipinski definition) is 3. The number of nitrogens with zero attached hydrogens (tertiary/aromatic N) is 1.